The lowest BCUT2D eigenvalue weighted by molar-refractivity contribution is -0.126. The Morgan fingerprint density at radius 3 is 2.60 bits per heavy atom. The van der Waals surface area contributed by atoms with E-state index in [0.717, 1.165) is 6.54 Å². The monoisotopic (exact) mass is 179 g/mol. The summed E-state index contributed by atoms with van der Waals surface area (Å²) < 4.78 is 0. The van der Waals surface area contributed by atoms with E-state index in [2.05, 4.69) is 0 Å². The van der Waals surface area contributed by atoms with Crippen LogP contribution in [-0.4, -0.2) is 36.4 Å². The first-order valence-corrected chi connectivity index (χ1v) is 5.84. The molecule has 0 N–H and O–H groups in total. The Balaban J connectivity index is 3.42. The first-order valence-electron chi connectivity index (χ1n) is 3.12. The summed E-state index contributed by atoms with van der Waals surface area (Å²) in [6, 6.07) is 0. The van der Waals surface area contributed by atoms with Crippen molar-refractivity contribution in [1.29, 1.82) is 0 Å². The maximum atomic E-state index is 11.0. The molecule has 0 atom stereocenters. The molecule has 10 heavy (non-hydrogen) atoms. The number of rotatable bonds is 4. The third kappa shape index (κ3) is 4.06. The second-order valence-electron chi connectivity index (χ2n) is 1.84. The van der Waals surface area contributed by atoms with Crippen LogP contribution in [0.25, 0.3) is 0 Å². The van der Waals surface area contributed by atoms with Gasteiger partial charge >= 0.3 is 0 Å². The Labute approximate surface area is 70.1 Å². The second kappa shape index (κ2) is 5.92. The summed E-state index contributed by atoms with van der Waals surface area (Å²) in [5.74, 6) is 0.799. The first kappa shape index (κ1) is 10.2. The predicted molar refractivity (Wildman–Crippen MR) is 49.3 cm³/mol. The number of carbonyl (C=O) groups excluding carboxylic acids is 1. The Bertz CT molecular complexity index is 108. The molecule has 0 aliphatic rings. The Hall–Kier alpha value is 0.170. The zero-order valence-corrected chi connectivity index (χ0v) is 8.22. The SMILES string of the molecule is CCN(C)C(=O)CSSC. The molecule has 4 heteroatoms. The zero-order chi connectivity index (χ0) is 7.98. The van der Waals surface area contributed by atoms with Crippen LogP contribution in [0.5, 0.6) is 0 Å². The van der Waals surface area contributed by atoms with Crippen molar-refractivity contribution in [2.45, 2.75) is 6.92 Å². The molecule has 0 radical (unpaired) electrons. The molecule has 0 saturated carbocycles. The van der Waals surface area contributed by atoms with Crippen LogP contribution in [0.2, 0.25) is 0 Å². The van der Waals surface area contributed by atoms with Crippen molar-refractivity contribution in [2.75, 3.05) is 25.6 Å². The average Bonchev–Trinajstić information content (AvgIpc) is 1.98. The predicted octanol–water partition coefficient (Wildman–Crippen LogP) is 1.48. The standard InChI is InChI=1S/C6H13NOS2/c1-4-7(2)6(8)5-10-9-3/h4-5H2,1-3H3. The zero-order valence-electron chi connectivity index (χ0n) is 6.59. The van der Waals surface area contributed by atoms with Crippen molar-refractivity contribution in [3.63, 3.8) is 0 Å². The molecule has 0 aromatic rings. The molecule has 0 bridgehead atoms. The number of hydrogen-bond donors (Lipinski definition) is 0. The smallest absolute Gasteiger partial charge is 0.233 e. The Kier molecular flexibility index (Phi) is 6.02. The summed E-state index contributed by atoms with van der Waals surface area (Å²) in [5.41, 5.74) is 0. The minimum atomic E-state index is 0.210. The highest BCUT2D eigenvalue weighted by molar-refractivity contribution is 8.76. The Morgan fingerprint density at radius 1 is 1.60 bits per heavy atom. The molecule has 0 aromatic heterocycles. The average molecular weight is 179 g/mol. The van der Waals surface area contributed by atoms with Gasteiger partial charge in [-0.1, -0.05) is 21.6 Å². The van der Waals surface area contributed by atoms with Gasteiger partial charge in [0.1, 0.15) is 0 Å². The molecule has 2 nitrogen and oxygen atoms in total. The van der Waals surface area contributed by atoms with Gasteiger partial charge in [-0.05, 0) is 13.2 Å². The fraction of sp³-hybridized carbons (Fsp3) is 0.833. The first-order chi connectivity index (χ1) is 4.72. The second-order valence-corrected chi connectivity index (χ2v) is 4.40. The fourth-order valence-corrected chi connectivity index (χ4v) is 1.49. The van der Waals surface area contributed by atoms with E-state index in [1.54, 1.807) is 26.5 Å². The molecular weight excluding hydrogens is 166 g/mol. The van der Waals surface area contributed by atoms with Gasteiger partial charge in [-0.15, -0.1) is 0 Å². The summed E-state index contributed by atoms with van der Waals surface area (Å²) in [7, 11) is 5.04. The molecule has 0 fully saturated rings. The van der Waals surface area contributed by atoms with Gasteiger partial charge in [-0.2, -0.15) is 0 Å². The fourth-order valence-electron chi connectivity index (χ4n) is 0.396. The van der Waals surface area contributed by atoms with Crippen molar-refractivity contribution in [3.05, 3.63) is 0 Å². The van der Waals surface area contributed by atoms with Crippen molar-refractivity contribution < 1.29 is 4.79 Å². The molecular formula is C6H13NOS2. The summed E-state index contributed by atoms with van der Waals surface area (Å²) in [6.07, 6.45) is 1.98. The molecule has 60 valence electrons. The van der Waals surface area contributed by atoms with Gasteiger partial charge in [-0.3, -0.25) is 4.79 Å². The quantitative estimate of drug-likeness (QED) is 0.610. The van der Waals surface area contributed by atoms with Gasteiger partial charge in [0.2, 0.25) is 5.91 Å². The van der Waals surface area contributed by atoms with E-state index in [4.69, 9.17) is 0 Å². The minimum absolute atomic E-state index is 0.210. The van der Waals surface area contributed by atoms with Crippen molar-refractivity contribution >= 4 is 27.5 Å². The van der Waals surface area contributed by atoms with Crippen LogP contribution in [0.3, 0.4) is 0 Å². The lowest BCUT2D eigenvalue weighted by atomic mass is 10.5. The summed E-state index contributed by atoms with van der Waals surface area (Å²) in [4.78, 5) is 12.8. The highest BCUT2D eigenvalue weighted by Crippen LogP contribution is 2.16. The lowest BCUT2D eigenvalue weighted by Gasteiger charge is -2.12. The largest absolute Gasteiger partial charge is 0.345 e. The third-order valence-corrected chi connectivity index (χ3v) is 2.86. The van der Waals surface area contributed by atoms with Crippen LogP contribution >= 0.6 is 21.6 Å². The van der Waals surface area contributed by atoms with Crippen LogP contribution < -0.4 is 0 Å². The van der Waals surface area contributed by atoms with E-state index in [9.17, 15) is 4.79 Å². The van der Waals surface area contributed by atoms with Gasteiger partial charge in [0, 0.05) is 13.6 Å². The third-order valence-electron chi connectivity index (χ3n) is 1.20. The molecule has 0 unspecified atom stereocenters. The minimum Gasteiger partial charge on any atom is -0.345 e. The molecule has 0 rings (SSSR count). The topological polar surface area (TPSA) is 20.3 Å². The highest BCUT2D eigenvalue weighted by Gasteiger charge is 2.04. The van der Waals surface area contributed by atoms with Gasteiger partial charge in [0.05, 0.1) is 5.75 Å². The molecule has 0 aromatic carbocycles. The van der Waals surface area contributed by atoms with E-state index in [1.165, 1.54) is 0 Å². The van der Waals surface area contributed by atoms with Crippen LogP contribution in [0.15, 0.2) is 0 Å². The maximum Gasteiger partial charge on any atom is 0.233 e. The van der Waals surface area contributed by atoms with Crippen LogP contribution in [-0.2, 0) is 4.79 Å². The van der Waals surface area contributed by atoms with Crippen molar-refractivity contribution in [2.24, 2.45) is 0 Å². The highest BCUT2D eigenvalue weighted by atomic mass is 33.1. The summed E-state index contributed by atoms with van der Waals surface area (Å²) in [5, 5.41) is 0. The van der Waals surface area contributed by atoms with E-state index in [-0.39, 0.29) is 5.91 Å². The van der Waals surface area contributed by atoms with E-state index in [0.29, 0.717) is 5.75 Å². The van der Waals surface area contributed by atoms with E-state index >= 15 is 0 Å². The van der Waals surface area contributed by atoms with Crippen LogP contribution in [0.4, 0.5) is 0 Å². The Morgan fingerprint density at radius 2 is 2.20 bits per heavy atom. The molecule has 0 aliphatic heterocycles. The number of amides is 1. The van der Waals surface area contributed by atoms with Gasteiger partial charge in [-0.25, -0.2) is 0 Å². The summed E-state index contributed by atoms with van der Waals surface area (Å²) in [6.45, 7) is 2.77. The lowest BCUT2D eigenvalue weighted by Crippen LogP contribution is -2.27. The maximum absolute atomic E-state index is 11.0. The normalized spacial score (nSPS) is 9.50. The van der Waals surface area contributed by atoms with Gasteiger partial charge in [0.25, 0.3) is 0 Å². The molecule has 0 spiro atoms. The molecule has 1 amide bonds. The molecule has 0 saturated heterocycles. The van der Waals surface area contributed by atoms with Crippen molar-refractivity contribution in [1.82, 2.24) is 4.90 Å². The van der Waals surface area contributed by atoms with Crippen LogP contribution in [0, 0.1) is 0 Å². The number of hydrogen-bond acceptors (Lipinski definition) is 3. The van der Waals surface area contributed by atoms with Gasteiger partial charge in [0.15, 0.2) is 0 Å². The van der Waals surface area contributed by atoms with E-state index in [1.807, 2.05) is 20.2 Å². The van der Waals surface area contributed by atoms with E-state index < -0.39 is 0 Å². The molecule has 0 heterocycles. The number of nitrogens with zero attached hydrogens (tertiary/aromatic N) is 1. The van der Waals surface area contributed by atoms with Gasteiger partial charge < -0.3 is 4.90 Å². The van der Waals surface area contributed by atoms with Crippen LogP contribution in [0.1, 0.15) is 6.92 Å². The van der Waals surface area contributed by atoms with Crippen molar-refractivity contribution in [3.8, 4) is 0 Å². The number of carbonyl (C=O) groups is 1. The summed E-state index contributed by atoms with van der Waals surface area (Å²) >= 11 is 0. The molecule has 0 aliphatic carbocycles.